The Balaban J connectivity index is 1.76. The molecule has 0 spiro atoms. The first-order chi connectivity index (χ1) is 9.66. The summed E-state index contributed by atoms with van der Waals surface area (Å²) in [4.78, 5) is 0. The van der Waals surface area contributed by atoms with E-state index in [4.69, 9.17) is 4.74 Å². The summed E-state index contributed by atoms with van der Waals surface area (Å²) in [5.74, 6) is 0.921. The molecule has 0 aliphatic rings. The minimum absolute atomic E-state index is 0.706. The third kappa shape index (κ3) is 4.53. The largest absolute Gasteiger partial charge is 0.494 e. The van der Waals surface area contributed by atoms with Crippen LogP contribution in [-0.4, -0.2) is 13.2 Å². The first-order valence-electron chi connectivity index (χ1n) is 6.54. The van der Waals surface area contributed by atoms with Crippen LogP contribution in [0.5, 0.6) is 5.75 Å². The molecule has 1 N–H and O–H groups in total. The number of benzene rings is 2. The van der Waals surface area contributed by atoms with Gasteiger partial charge in [0.1, 0.15) is 5.75 Å². The lowest BCUT2D eigenvalue weighted by Crippen LogP contribution is -2.08. The van der Waals surface area contributed by atoms with Crippen LogP contribution in [0.4, 0.5) is 5.69 Å². The van der Waals surface area contributed by atoms with Crippen molar-refractivity contribution in [2.75, 3.05) is 18.5 Å². The predicted octanol–water partition coefficient (Wildman–Crippen LogP) is 5.40. The second-order valence-corrected chi connectivity index (χ2v) is 6.25. The summed E-state index contributed by atoms with van der Waals surface area (Å²) >= 11 is 7.16. The van der Waals surface area contributed by atoms with E-state index < -0.39 is 0 Å². The molecule has 0 atom stereocenters. The molecule has 0 bridgehead atoms. The van der Waals surface area contributed by atoms with Crippen molar-refractivity contribution >= 4 is 37.5 Å². The SMILES string of the molecule is Cc1cc(Br)c(NCCCOc2ccccc2)c(Br)c1. The van der Waals surface area contributed by atoms with E-state index in [0.29, 0.717) is 6.61 Å². The number of ether oxygens (including phenoxy) is 1. The van der Waals surface area contributed by atoms with Gasteiger partial charge in [-0.25, -0.2) is 0 Å². The van der Waals surface area contributed by atoms with Crippen molar-refractivity contribution in [3.63, 3.8) is 0 Å². The van der Waals surface area contributed by atoms with Crippen molar-refractivity contribution in [2.45, 2.75) is 13.3 Å². The maximum atomic E-state index is 5.66. The predicted molar refractivity (Wildman–Crippen MR) is 91.6 cm³/mol. The van der Waals surface area contributed by atoms with Gasteiger partial charge in [-0.05, 0) is 75.0 Å². The summed E-state index contributed by atoms with van der Waals surface area (Å²) in [6.07, 6.45) is 0.946. The molecule has 2 aromatic rings. The molecule has 0 aromatic heterocycles. The molecule has 0 heterocycles. The quantitative estimate of drug-likeness (QED) is 0.657. The van der Waals surface area contributed by atoms with Crippen LogP contribution in [0.1, 0.15) is 12.0 Å². The van der Waals surface area contributed by atoms with Crippen LogP contribution in [0, 0.1) is 6.92 Å². The Labute approximate surface area is 136 Å². The fourth-order valence-electron chi connectivity index (χ4n) is 1.86. The Hall–Kier alpha value is -1.00. The van der Waals surface area contributed by atoms with Crippen molar-refractivity contribution in [1.29, 1.82) is 0 Å². The van der Waals surface area contributed by atoms with E-state index in [0.717, 1.165) is 33.3 Å². The number of nitrogens with one attached hydrogen (secondary N) is 1. The zero-order valence-electron chi connectivity index (χ0n) is 11.3. The van der Waals surface area contributed by atoms with Crippen LogP contribution in [0.15, 0.2) is 51.4 Å². The van der Waals surface area contributed by atoms with Crippen molar-refractivity contribution in [3.05, 3.63) is 57.0 Å². The Morgan fingerprint density at radius 1 is 1.05 bits per heavy atom. The molecule has 2 rings (SSSR count). The number of hydrogen-bond donors (Lipinski definition) is 1. The Bertz CT molecular complexity index is 535. The molecule has 0 saturated carbocycles. The number of rotatable bonds is 6. The van der Waals surface area contributed by atoms with E-state index in [1.165, 1.54) is 5.56 Å². The summed E-state index contributed by atoms with van der Waals surface area (Å²) in [7, 11) is 0. The third-order valence-corrected chi connectivity index (χ3v) is 4.07. The van der Waals surface area contributed by atoms with E-state index in [9.17, 15) is 0 Å². The van der Waals surface area contributed by atoms with Crippen molar-refractivity contribution in [2.24, 2.45) is 0 Å². The Morgan fingerprint density at radius 2 is 1.70 bits per heavy atom. The molecule has 0 unspecified atom stereocenters. The summed E-state index contributed by atoms with van der Waals surface area (Å²) in [6, 6.07) is 14.1. The van der Waals surface area contributed by atoms with Crippen LogP contribution < -0.4 is 10.1 Å². The van der Waals surface area contributed by atoms with Gasteiger partial charge in [-0.3, -0.25) is 0 Å². The minimum atomic E-state index is 0.706. The smallest absolute Gasteiger partial charge is 0.119 e. The Kier molecular flexibility index (Phi) is 5.92. The first-order valence-corrected chi connectivity index (χ1v) is 8.13. The summed E-state index contributed by atoms with van der Waals surface area (Å²) < 4.78 is 7.81. The lowest BCUT2D eigenvalue weighted by molar-refractivity contribution is 0.315. The third-order valence-electron chi connectivity index (χ3n) is 2.82. The second-order valence-electron chi connectivity index (χ2n) is 4.55. The average Bonchev–Trinajstić information content (AvgIpc) is 2.42. The molecule has 20 heavy (non-hydrogen) atoms. The first kappa shape index (κ1) is 15.4. The van der Waals surface area contributed by atoms with Gasteiger partial charge in [-0.1, -0.05) is 18.2 Å². The van der Waals surface area contributed by atoms with Crippen LogP contribution in [0.3, 0.4) is 0 Å². The van der Waals surface area contributed by atoms with E-state index in [1.807, 2.05) is 30.3 Å². The number of para-hydroxylation sites is 1. The van der Waals surface area contributed by atoms with Gasteiger partial charge in [0.2, 0.25) is 0 Å². The second kappa shape index (κ2) is 7.70. The molecule has 0 amide bonds. The van der Waals surface area contributed by atoms with Crippen molar-refractivity contribution in [1.82, 2.24) is 0 Å². The van der Waals surface area contributed by atoms with Crippen LogP contribution in [-0.2, 0) is 0 Å². The van der Waals surface area contributed by atoms with E-state index in [2.05, 4.69) is 56.2 Å². The molecule has 0 radical (unpaired) electrons. The van der Waals surface area contributed by atoms with Gasteiger partial charge < -0.3 is 10.1 Å². The van der Waals surface area contributed by atoms with Gasteiger partial charge in [0.25, 0.3) is 0 Å². The molecule has 0 aliphatic heterocycles. The number of anilines is 1. The highest BCUT2D eigenvalue weighted by molar-refractivity contribution is 9.11. The number of aryl methyl sites for hydroxylation is 1. The summed E-state index contributed by atoms with van der Waals surface area (Å²) in [6.45, 7) is 3.65. The maximum Gasteiger partial charge on any atom is 0.119 e. The minimum Gasteiger partial charge on any atom is -0.494 e. The fourth-order valence-corrected chi connectivity index (χ4v) is 3.56. The van der Waals surface area contributed by atoms with Gasteiger partial charge in [0, 0.05) is 15.5 Å². The topological polar surface area (TPSA) is 21.3 Å². The van der Waals surface area contributed by atoms with Crippen molar-refractivity contribution in [3.8, 4) is 5.75 Å². The zero-order chi connectivity index (χ0) is 14.4. The summed E-state index contributed by atoms with van der Waals surface area (Å²) in [5, 5.41) is 3.42. The molecule has 106 valence electrons. The molecule has 0 fully saturated rings. The van der Waals surface area contributed by atoms with Gasteiger partial charge in [0.05, 0.1) is 12.3 Å². The highest BCUT2D eigenvalue weighted by atomic mass is 79.9. The Morgan fingerprint density at radius 3 is 2.35 bits per heavy atom. The van der Waals surface area contributed by atoms with E-state index in [-0.39, 0.29) is 0 Å². The molecule has 4 heteroatoms. The van der Waals surface area contributed by atoms with E-state index >= 15 is 0 Å². The fraction of sp³-hybridized carbons (Fsp3) is 0.250. The zero-order valence-corrected chi connectivity index (χ0v) is 14.5. The van der Waals surface area contributed by atoms with Crippen molar-refractivity contribution < 1.29 is 4.74 Å². The monoisotopic (exact) mass is 397 g/mol. The van der Waals surface area contributed by atoms with E-state index in [1.54, 1.807) is 0 Å². The van der Waals surface area contributed by atoms with Crippen LogP contribution in [0.25, 0.3) is 0 Å². The van der Waals surface area contributed by atoms with Gasteiger partial charge in [0.15, 0.2) is 0 Å². The average molecular weight is 399 g/mol. The maximum absolute atomic E-state index is 5.66. The van der Waals surface area contributed by atoms with Gasteiger partial charge >= 0.3 is 0 Å². The lowest BCUT2D eigenvalue weighted by Gasteiger charge is -2.12. The molecule has 0 aliphatic carbocycles. The molecule has 2 aromatic carbocycles. The van der Waals surface area contributed by atoms with Gasteiger partial charge in [-0.15, -0.1) is 0 Å². The highest BCUT2D eigenvalue weighted by Crippen LogP contribution is 2.32. The molecular weight excluding hydrogens is 382 g/mol. The molecule has 2 nitrogen and oxygen atoms in total. The van der Waals surface area contributed by atoms with Gasteiger partial charge in [-0.2, -0.15) is 0 Å². The summed E-state index contributed by atoms with van der Waals surface area (Å²) in [5.41, 5.74) is 2.32. The number of hydrogen-bond acceptors (Lipinski definition) is 2. The van der Waals surface area contributed by atoms with Crippen LogP contribution >= 0.6 is 31.9 Å². The highest BCUT2D eigenvalue weighted by Gasteiger charge is 2.05. The molecule has 0 saturated heterocycles. The molecular formula is C16H17Br2NO. The lowest BCUT2D eigenvalue weighted by atomic mass is 10.2. The number of halogens is 2. The standard InChI is InChI=1S/C16H17Br2NO/c1-12-10-14(17)16(15(18)11-12)19-8-5-9-20-13-6-3-2-4-7-13/h2-4,6-7,10-11,19H,5,8-9H2,1H3. The normalized spacial score (nSPS) is 10.3. The van der Waals surface area contributed by atoms with Crippen LogP contribution in [0.2, 0.25) is 0 Å².